The van der Waals surface area contributed by atoms with Crippen LogP contribution in [0.3, 0.4) is 0 Å². The van der Waals surface area contributed by atoms with Crippen molar-refractivity contribution < 1.29 is 5.48 Å². The van der Waals surface area contributed by atoms with E-state index in [-0.39, 0.29) is 29.9 Å². The third-order valence-electron chi connectivity index (χ3n) is 10.2. The fourth-order valence-electron chi connectivity index (χ4n) is 8.00. The molecule has 0 unspecified atom stereocenters. The Labute approximate surface area is 308 Å². The number of fused-ring (bicyclic) bond motifs is 6. The van der Waals surface area contributed by atoms with Crippen LogP contribution < -0.4 is 4.90 Å². The summed E-state index contributed by atoms with van der Waals surface area (Å²) in [5.41, 5.74) is 8.83. The molecule has 8 aromatic carbocycles. The Kier molecular flexibility index (Phi) is 6.04. The van der Waals surface area contributed by atoms with Gasteiger partial charge in [0.15, 0.2) is 0 Å². The molecule has 1 heterocycles. The van der Waals surface area contributed by atoms with Crippen molar-refractivity contribution in [3.05, 3.63) is 222 Å². The lowest BCUT2D eigenvalue weighted by Crippen LogP contribution is -2.28. The van der Waals surface area contributed by atoms with Crippen LogP contribution >= 0.6 is 11.3 Å². The molecule has 1 nitrogen and oxygen atoms in total. The normalized spacial score (nSPS) is 14.0. The lowest BCUT2D eigenvalue weighted by Gasteiger charge is -2.35. The quantitative estimate of drug-likeness (QED) is 0.170. The summed E-state index contributed by atoms with van der Waals surface area (Å²) in [6.07, 6.45) is 0. The molecule has 0 saturated heterocycles. The summed E-state index contributed by atoms with van der Waals surface area (Å²) in [4.78, 5) is 1.89. The number of hydrogen-bond donors (Lipinski definition) is 0. The zero-order valence-electron chi connectivity index (χ0n) is 31.6. The SMILES string of the molecule is [2H]c1c([2H])c(N(c2ccccc2)c2ccc3c(c2)C(c2ccccc2)(c2ccccc2)c2ccccc2-3)c([2H])c([2H])c1-c1ccc2sc3ccccc3c2c1. The van der Waals surface area contributed by atoms with Crippen LogP contribution in [-0.2, 0) is 5.41 Å². The van der Waals surface area contributed by atoms with Crippen molar-refractivity contribution in [2.45, 2.75) is 5.41 Å². The molecule has 240 valence electrons. The molecule has 0 N–H and O–H groups in total. The van der Waals surface area contributed by atoms with Crippen LogP contribution in [0.15, 0.2) is 200 Å². The molecule has 0 radical (unpaired) electrons. The average Bonchev–Trinajstić information content (AvgIpc) is 3.76. The average molecular weight is 672 g/mol. The first kappa shape index (κ1) is 25.7. The molecular formula is C49H33NS. The van der Waals surface area contributed by atoms with Crippen LogP contribution in [0.1, 0.15) is 27.7 Å². The highest BCUT2D eigenvalue weighted by molar-refractivity contribution is 7.25. The summed E-state index contributed by atoms with van der Waals surface area (Å²) in [7, 11) is 0. The fourth-order valence-corrected chi connectivity index (χ4v) is 9.09. The Morgan fingerprint density at radius 1 is 0.412 bits per heavy atom. The predicted octanol–water partition coefficient (Wildman–Crippen LogP) is 13.6. The molecule has 9 aromatic rings. The zero-order chi connectivity index (χ0) is 37.3. The monoisotopic (exact) mass is 671 g/mol. The van der Waals surface area contributed by atoms with E-state index in [1.54, 1.807) is 11.3 Å². The van der Waals surface area contributed by atoms with E-state index in [9.17, 15) is 5.48 Å². The van der Waals surface area contributed by atoms with Gasteiger partial charge in [0, 0.05) is 37.2 Å². The number of benzene rings is 8. The third kappa shape index (κ3) is 4.68. The van der Waals surface area contributed by atoms with Gasteiger partial charge in [-0.3, -0.25) is 0 Å². The van der Waals surface area contributed by atoms with Gasteiger partial charge < -0.3 is 4.90 Å². The molecule has 0 fully saturated rings. The number of rotatable bonds is 6. The van der Waals surface area contributed by atoms with Gasteiger partial charge in [0.1, 0.15) is 0 Å². The minimum atomic E-state index is -0.643. The summed E-state index contributed by atoms with van der Waals surface area (Å²) >= 11 is 1.71. The maximum atomic E-state index is 9.59. The van der Waals surface area contributed by atoms with Crippen LogP contribution in [-0.4, -0.2) is 0 Å². The van der Waals surface area contributed by atoms with Crippen LogP contribution in [0.2, 0.25) is 0 Å². The van der Waals surface area contributed by atoms with Crippen molar-refractivity contribution in [2.75, 3.05) is 4.90 Å². The van der Waals surface area contributed by atoms with E-state index in [1.807, 2.05) is 83.8 Å². The number of para-hydroxylation sites is 1. The van der Waals surface area contributed by atoms with E-state index < -0.39 is 5.41 Å². The van der Waals surface area contributed by atoms with Crippen LogP contribution in [0.25, 0.3) is 42.4 Å². The van der Waals surface area contributed by atoms with Crippen molar-refractivity contribution in [3.63, 3.8) is 0 Å². The van der Waals surface area contributed by atoms with Gasteiger partial charge in [-0.15, -0.1) is 11.3 Å². The molecule has 0 atom stereocenters. The molecule has 1 aliphatic rings. The highest BCUT2D eigenvalue weighted by Crippen LogP contribution is 2.57. The van der Waals surface area contributed by atoms with E-state index in [4.69, 9.17) is 0 Å². The maximum absolute atomic E-state index is 9.59. The molecule has 10 rings (SSSR count). The highest BCUT2D eigenvalue weighted by Gasteiger charge is 2.46. The Balaban J connectivity index is 1.21. The first-order chi connectivity index (χ1) is 27.0. The Hall–Kier alpha value is -6.22. The van der Waals surface area contributed by atoms with Gasteiger partial charge in [-0.2, -0.15) is 0 Å². The molecule has 0 spiro atoms. The zero-order valence-corrected chi connectivity index (χ0v) is 28.4. The minimum Gasteiger partial charge on any atom is -0.310 e. The number of nitrogens with zero attached hydrogens (tertiary/aromatic N) is 1. The molecule has 0 aliphatic heterocycles. The molecule has 51 heavy (non-hydrogen) atoms. The van der Waals surface area contributed by atoms with Crippen LogP contribution in [0.5, 0.6) is 0 Å². The van der Waals surface area contributed by atoms with Crippen molar-refractivity contribution >= 4 is 48.6 Å². The van der Waals surface area contributed by atoms with Gasteiger partial charge in [0.05, 0.1) is 10.9 Å². The largest absolute Gasteiger partial charge is 0.310 e. The minimum absolute atomic E-state index is 0.0766. The number of hydrogen-bond acceptors (Lipinski definition) is 2. The molecule has 0 amide bonds. The van der Waals surface area contributed by atoms with Crippen LogP contribution in [0.4, 0.5) is 17.1 Å². The van der Waals surface area contributed by atoms with Crippen molar-refractivity contribution in [2.24, 2.45) is 0 Å². The van der Waals surface area contributed by atoms with Gasteiger partial charge >= 0.3 is 0 Å². The predicted molar refractivity (Wildman–Crippen MR) is 217 cm³/mol. The maximum Gasteiger partial charge on any atom is 0.0714 e. The van der Waals surface area contributed by atoms with E-state index in [2.05, 4.69) is 97.1 Å². The summed E-state index contributed by atoms with van der Waals surface area (Å²) in [5.74, 6) is 0. The van der Waals surface area contributed by atoms with Gasteiger partial charge in [-0.05, 0) is 99.1 Å². The summed E-state index contributed by atoms with van der Waals surface area (Å²) < 4.78 is 40.4. The Morgan fingerprint density at radius 3 is 1.76 bits per heavy atom. The van der Waals surface area contributed by atoms with Crippen molar-refractivity contribution in [1.82, 2.24) is 0 Å². The molecular weight excluding hydrogens is 635 g/mol. The van der Waals surface area contributed by atoms with E-state index in [0.29, 0.717) is 11.1 Å². The lowest BCUT2D eigenvalue weighted by atomic mass is 9.67. The van der Waals surface area contributed by atoms with Crippen molar-refractivity contribution in [3.8, 4) is 22.3 Å². The van der Waals surface area contributed by atoms with Gasteiger partial charge in [-0.25, -0.2) is 0 Å². The second-order valence-electron chi connectivity index (χ2n) is 13.0. The van der Waals surface area contributed by atoms with Crippen molar-refractivity contribution in [1.29, 1.82) is 0 Å². The third-order valence-corrected chi connectivity index (χ3v) is 11.4. The lowest BCUT2D eigenvalue weighted by molar-refractivity contribution is 0.768. The topological polar surface area (TPSA) is 3.24 Å². The number of thiophene rings is 1. The molecule has 0 bridgehead atoms. The standard InChI is InChI=1S/C49H33NS/c1-4-14-36(15-5-1)49(37-16-6-2-7-17-37)45-22-12-10-20-41(45)42-30-29-40(33-46(42)49)50(38-18-8-3-9-19-38)39-27-24-34(25-28-39)35-26-31-48-44(32-35)43-21-11-13-23-47(43)51-48/h1-33H/i24D,25D,27D,28D. The molecule has 1 aromatic heterocycles. The van der Waals surface area contributed by atoms with Gasteiger partial charge in [0.2, 0.25) is 0 Å². The second kappa shape index (κ2) is 12.0. The Bertz CT molecular complexity index is 2850. The summed E-state index contributed by atoms with van der Waals surface area (Å²) in [6, 6.07) is 59.8. The first-order valence-corrected chi connectivity index (χ1v) is 18.0. The number of anilines is 3. The van der Waals surface area contributed by atoms with E-state index in [1.165, 1.54) is 10.3 Å². The summed E-state index contributed by atoms with van der Waals surface area (Å²) in [6.45, 7) is 0. The van der Waals surface area contributed by atoms with Gasteiger partial charge in [-0.1, -0.05) is 146 Å². The summed E-state index contributed by atoms with van der Waals surface area (Å²) in [5, 5.41) is 2.16. The van der Waals surface area contributed by atoms with E-state index in [0.717, 1.165) is 54.7 Å². The van der Waals surface area contributed by atoms with Gasteiger partial charge in [0.25, 0.3) is 0 Å². The molecule has 2 heteroatoms. The highest BCUT2D eigenvalue weighted by atomic mass is 32.1. The first-order valence-electron chi connectivity index (χ1n) is 19.2. The second-order valence-corrected chi connectivity index (χ2v) is 14.0. The molecule has 0 saturated carbocycles. The van der Waals surface area contributed by atoms with E-state index >= 15 is 0 Å². The Morgan fingerprint density at radius 2 is 1.02 bits per heavy atom. The van der Waals surface area contributed by atoms with Crippen LogP contribution in [0, 0.1) is 0 Å². The molecule has 1 aliphatic carbocycles. The fraction of sp³-hybridized carbons (Fsp3) is 0.0204. The smallest absolute Gasteiger partial charge is 0.0714 e.